The van der Waals surface area contributed by atoms with Crippen molar-refractivity contribution in [3.05, 3.63) is 34.4 Å². The molecular weight excluding hydrogens is 200 g/mol. The predicted molar refractivity (Wildman–Crippen MR) is 52.5 cm³/mol. The lowest BCUT2D eigenvalue weighted by atomic mass is 9.94. The average molecular weight is 213 g/mol. The molecule has 1 aromatic carbocycles. The van der Waals surface area contributed by atoms with Gasteiger partial charge in [-0.1, -0.05) is 0 Å². The van der Waals surface area contributed by atoms with Gasteiger partial charge in [0.2, 0.25) is 0 Å². The first kappa shape index (κ1) is 10.5. The van der Waals surface area contributed by atoms with Gasteiger partial charge in [0, 0.05) is 6.07 Å². The van der Waals surface area contributed by atoms with Gasteiger partial charge < -0.3 is 10.5 Å². The maximum Gasteiger partial charge on any atom is 0.129 e. The van der Waals surface area contributed by atoms with Crippen molar-refractivity contribution in [1.82, 2.24) is 0 Å². The van der Waals surface area contributed by atoms with Gasteiger partial charge in [0.15, 0.2) is 0 Å². The first-order valence-corrected chi connectivity index (χ1v) is 4.92. The van der Waals surface area contributed by atoms with Gasteiger partial charge in [0.25, 0.3) is 0 Å². The molecule has 1 aliphatic heterocycles. The van der Waals surface area contributed by atoms with Gasteiger partial charge in [0.05, 0.1) is 19.3 Å². The summed E-state index contributed by atoms with van der Waals surface area (Å²) in [6.07, 6.45) is 0.454. The molecule has 1 heterocycles. The molecule has 0 amide bonds. The number of rotatable bonds is 0. The third-order valence-corrected chi connectivity index (χ3v) is 2.79. The van der Waals surface area contributed by atoms with Gasteiger partial charge in [-0.3, -0.25) is 0 Å². The van der Waals surface area contributed by atoms with E-state index in [9.17, 15) is 8.78 Å². The monoisotopic (exact) mass is 213 g/mol. The van der Waals surface area contributed by atoms with Crippen LogP contribution < -0.4 is 5.73 Å². The summed E-state index contributed by atoms with van der Waals surface area (Å²) in [6.45, 7) is 2.37. The Labute approximate surface area is 87.0 Å². The fourth-order valence-electron chi connectivity index (χ4n) is 2.01. The third kappa shape index (κ3) is 1.75. The second kappa shape index (κ2) is 3.87. The molecule has 82 valence electrons. The molecule has 0 aromatic heterocycles. The highest BCUT2D eigenvalue weighted by Gasteiger charge is 2.23. The quantitative estimate of drug-likeness (QED) is 0.713. The molecule has 0 bridgehead atoms. The Morgan fingerprint density at radius 3 is 2.87 bits per heavy atom. The van der Waals surface area contributed by atoms with Crippen molar-refractivity contribution < 1.29 is 13.5 Å². The van der Waals surface area contributed by atoms with Gasteiger partial charge in [-0.05, 0) is 30.0 Å². The normalized spacial score (nSPS) is 20.9. The summed E-state index contributed by atoms with van der Waals surface area (Å²) in [5.41, 5.74) is 7.33. The Morgan fingerprint density at radius 1 is 1.40 bits per heavy atom. The standard InChI is InChI=1S/C11H13F2NO/c1-6-8(12)4-9(13)7-2-3-15-5-10(14)11(6)7/h4,10H,2-3,5,14H2,1H3. The van der Waals surface area contributed by atoms with E-state index in [1.165, 1.54) is 0 Å². The topological polar surface area (TPSA) is 35.2 Å². The van der Waals surface area contributed by atoms with E-state index in [4.69, 9.17) is 10.5 Å². The van der Waals surface area contributed by atoms with Crippen LogP contribution in [0.15, 0.2) is 6.07 Å². The fraction of sp³-hybridized carbons (Fsp3) is 0.455. The number of hydrogen-bond acceptors (Lipinski definition) is 2. The molecule has 0 fully saturated rings. The first-order chi connectivity index (χ1) is 7.11. The second-order valence-electron chi connectivity index (χ2n) is 3.79. The number of ether oxygens (including phenoxy) is 1. The van der Waals surface area contributed by atoms with E-state index < -0.39 is 17.7 Å². The van der Waals surface area contributed by atoms with Crippen LogP contribution in [-0.2, 0) is 11.2 Å². The summed E-state index contributed by atoms with van der Waals surface area (Å²) in [5.74, 6) is -1.06. The molecule has 2 rings (SSSR count). The molecule has 0 saturated carbocycles. The zero-order valence-electron chi connectivity index (χ0n) is 8.52. The van der Waals surface area contributed by atoms with Crippen molar-refractivity contribution in [2.75, 3.05) is 13.2 Å². The lowest BCUT2D eigenvalue weighted by Gasteiger charge is -2.16. The van der Waals surface area contributed by atoms with Crippen molar-refractivity contribution in [3.8, 4) is 0 Å². The van der Waals surface area contributed by atoms with Crippen LogP contribution in [0, 0.1) is 18.6 Å². The summed E-state index contributed by atoms with van der Waals surface area (Å²) in [4.78, 5) is 0. The van der Waals surface area contributed by atoms with Crippen LogP contribution in [0.2, 0.25) is 0 Å². The van der Waals surface area contributed by atoms with Crippen molar-refractivity contribution in [2.45, 2.75) is 19.4 Å². The van der Waals surface area contributed by atoms with Crippen molar-refractivity contribution in [2.24, 2.45) is 5.73 Å². The summed E-state index contributed by atoms with van der Waals surface area (Å²) < 4.78 is 32.1. The minimum Gasteiger partial charge on any atom is -0.379 e. The molecular formula is C11H13F2NO. The van der Waals surface area contributed by atoms with E-state index in [2.05, 4.69) is 0 Å². The van der Waals surface area contributed by atoms with Crippen LogP contribution in [0.4, 0.5) is 8.78 Å². The molecule has 1 unspecified atom stereocenters. The van der Waals surface area contributed by atoms with Crippen LogP contribution in [0.5, 0.6) is 0 Å². The number of fused-ring (bicyclic) bond motifs is 1. The van der Waals surface area contributed by atoms with Gasteiger partial charge in [-0.2, -0.15) is 0 Å². The minimum absolute atomic E-state index is 0.316. The fourth-order valence-corrected chi connectivity index (χ4v) is 2.01. The number of nitrogens with two attached hydrogens (primary N) is 1. The molecule has 2 nitrogen and oxygen atoms in total. The molecule has 0 aliphatic carbocycles. The molecule has 2 N–H and O–H groups in total. The average Bonchev–Trinajstić information content (AvgIpc) is 2.37. The zero-order chi connectivity index (χ0) is 11.0. The molecule has 1 atom stereocenters. The lowest BCUT2D eigenvalue weighted by Crippen LogP contribution is -2.18. The molecule has 0 radical (unpaired) electrons. The highest BCUT2D eigenvalue weighted by atomic mass is 19.1. The summed E-state index contributed by atoms with van der Waals surface area (Å²) in [7, 11) is 0. The Morgan fingerprint density at radius 2 is 2.13 bits per heavy atom. The third-order valence-electron chi connectivity index (χ3n) is 2.79. The van der Waals surface area contributed by atoms with Crippen molar-refractivity contribution in [3.63, 3.8) is 0 Å². The highest BCUT2D eigenvalue weighted by Crippen LogP contribution is 2.28. The first-order valence-electron chi connectivity index (χ1n) is 4.92. The number of benzene rings is 1. The number of halogens is 2. The molecule has 4 heteroatoms. The molecule has 0 saturated heterocycles. The largest absolute Gasteiger partial charge is 0.379 e. The smallest absolute Gasteiger partial charge is 0.129 e. The minimum atomic E-state index is -0.538. The molecule has 15 heavy (non-hydrogen) atoms. The Bertz CT molecular complexity index is 393. The van der Waals surface area contributed by atoms with Crippen LogP contribution in [0.25, 0.3) is 0 Å². The summed E-state index contributed by atoms with van der Waals surface area (Å²) >= 11 is 0. The van der Waals surface area contributed by atoms with E-state index in [-0.39, 0.29) is 0 Å². The van der Waals surface area contributed by atoms with E-state index >= 15 is 0 Å². The molecule has 1 aliphatic rings. The van der Waals surface area contributed by atoms with Crippen molar-refractivity contribution >= 4 is 0 Å². The van der Waals surface area contributed by atoms with Gasteiger partial charge in [0.1, 0.15) is 11.6 Å². The second-order valence-corrected chi connectivity index (χ2v) is 3.79. The highest BCUT2D eigenvalue weighted by molar-refractivity contribution is 5.39. The maximum absolute atomic E-state index is 13.5. The van der Waals surface area contributed by atoms with E-state index in [1.54, 1.807) is 6.92 Å². The van der Waals surface area contributed by atoms with Gasteiger partial charge in [-0.15, -0.1) is 0 Å². The molecule has 0 spiro atoms. The van der Waals surface area contributed by atoms with E-state index in [1.807, 2.05) is 0 Å². The number of hydrogen-bond donors (Lipinski definition) is 1. The summed E-state index contributed by atoms with van der Waals surface area (Å²) in [5, 5.41) is 0. The Balaban J connectivity index is 2.63. The Hall–Kier alpha value is -1.00. The predicted octanol–water partition coefficient (Wildman–Crippen LogP) is 1.85. The van der Waals surface area contributed by atoms with Crippen LogP contribution in [0.1, 0.15) is 22.7 Å². The van der Waals surface area contributed by atoms with E-state index in [0.717, 1.165) is 6.07 Å². The molecule has 1 aromatic rings. The summed E-state index contributed by atoms with van der Waals surface area (Å²) in [6, 6.07) is 0.486. The van der Waals surface area contributed by atoms with Crippen LogP contribution in [0.3, 0.4) is 0 Å². The zero-order valence-corrected chi connectivity index (χ0v) is 8.52. The lowest BCUT2D eigenvalue weighted by molar-refractivity contribution is 0.130. The van der Waals surface area contributed by atoms with Crippen LogP contribution in [-0.4, -0.2) is 13.2 Å². The van der Waals surface area contributed by atoms with Crippen LogP contribution >= 0.6 is 0 Å². The SMILES string of the molecule is Cc1c(F)cc(F)c2c1C(N)COCC2. The van der Waals surface area contributed by atoms with Gasteiger partial charge >= 0.3 is 0 Å². The maximum atomic E-state index is 13.5. The Kier molecular flexibility index (Phi) is 2.71. The van der Waals surface area contributed by atoms with E-state index in [0.29, 0.717) is 36.3 Å². The van der Waals surface area contributed by atoms with Crippen molar-refractivity contribution in [1.29, 1.82) is 0 Å². The van der Waals surface area contributed by atoms with Gasteiger partial charge in [-0.25, -0.2) is 8.78 Å².